The zero-order valence-electron chi connectivity index (χ0n) is 13.0. The number of rotatable bonds is 3. The molecule has 5 heteroatoms. The van der Waals surface area contributed by atoms with E-state index in [-0.39, 0.29) is 6.61 Å². The first-order valence-corrected chi connectivity index (χ1v) is 7.34. The third-order valence-corrected chi connectivity index (χ3v) is 3.18. The Labute approximate surface area is 139 Å². The summed E-state index contributed by atoms with van der Waals surface area (Å²) in [5.74, 6) is 6.30. The quantitative estimate of drug-likeness (QED) is 0.548. The van der Waals surface area contributed by atoms with E-state index in [1.165, 1.54) is 0 Å². The number of carbonyl (C=O) groups is 1. The Hall–Kier alpha value is -3.39. The van der Waals surface area contributed by atoms with Crippen molar-refractivity contribution in [2.45, 2.75) is 6.92 Å². The summed E-state index contributed by atoms with van der Waals surface area (Å²) in [6, 6.07) is 16.3. The molecule has 3 rings (SSSR count). The monoisotopic (exact) mass is 318 g/mol. The van der Waals surface area contributed by atoms with Crippen LogP contribution in [0.1, 0.15) is 21.7 Å². The minimum Gasteiger partial charge on any atom is -0.449 e. The third kappa shape index (κ3) is 3.87. The van der Waals surface area contributed by atoms with Gasteiger partial charge in [-0.3, -0.25) is 0 Å². The molecule has 3 aromatic rings. The molecule has 24 heavy (non-hydrogen) atoms. The standard InChI is InChI=1S/C19H14N2O3/c1-14-20-18(24-21-14)16-9-11-17(12-10-16)19(22)23-13-5-8-15-6-3-2-4-7-15/h2-4,6-7,9-12H,13H2,1H3. The zero-order valence-corrected chi connectivity index (χ0v) is 13.0. The largest absolute Gasteiger partial charge is 0.449 e. The molecule has 0 atom stereocenters. The van der Waals surface area contributed by atoms with Crippen LogP contribution in [0.4, 0.5) is 0 Å². The van der Waals surface area contributed by atoms with Crippen LogP contribution in [-0.4, -0.2) is 22.7 Å². The highest BCUT2D eigenvalue weighted by Gasteiger charge is 2.09. The molecule has 0 saturated carbocycles. The molecule has 0 aliphatic heterocycles. The Morgan fingerprint density at radius 2 is 1.88 bits per heavy atom. The van der Waals surface area contributed by atoms with E-state index in [0.717, 1.165) is 11.1 Å². The molecule has 0 N–H and O–H groups in total. The van der Waals surface area contributed by atoms with Crippen molar-refractivity contribution in [3.8, 4) is 23.3 Å². The average Bonchev–Trinajstić information content (AvgIpc) is 3.06. The molecule has 0 spiro atoms. The van der Waals surface area contributed by atoms with Gasteiger partial charge in [0.1, 0.15) is 0 Å². The lowest BCUT2D eigenvalue weighted by molar-refractivity contribution is 0.0556. The summed E-state index contributed by atoms with van der Waals surface area (Å²) in [5.41, 5.74) is 2.07. The first-order chi connectivity index (χ1) is 11.7. The Morgan fingerprint density at radius 3 is 2.54 bits per heavy atom. The van der Waals surface area contributed by atoms with Gasteiger partial charge in [-0.2, -0.15) is 4.98 Å². The lowest BCUT2D eigenvalue weighted by Crippen LogP contribution is -2.05. The number of hydrogen-bond donors (Lipinski definition) is 0. The van der Waals surface area contributed by atoms with Crippen LogP contribution in [-0.2, 0) is 4.74 Å². The van der Waals surface area contributed by atoms with Gasteiger partial charge < -0.3 is 9.26 Å². The van der Waals surface area contributed by atoms with Crippen molar-refractivity contribution in [3.05, 3.63) is 71.5 Å². The van der Waals surface area contributed by atoms with Crippen LogP contribution in [0.25, 0.3) is 11.5 Å². The highest BCUT2D eigenvalue weighted by atomic mass is 16.5. The van der Waals surface area contributed by atoms with Crippen LogP contribution in [0.2, 0.25) is 0 Å². The fourth-order valence-electron chi connectivity index (χ4n) is 2.01. The van der Waals surface area contributed by atoms with Crippen molar-refractivity contribution in [1.82, 2.24) is 10.1 Å². The zero-order chi connectivity index (χ0) is 16.8. The van der Waals surface area contributed by atoms with Gasteiger partial charge in [-0.25, -0.2) is 4.79 Å². The van der Waals surface area contributed by atoms with E-state index in [4.69, 9.17) is 9.26 Å². The van der Waals surface area contributed by atoms with Crippen molar-refractivity contribution in [2.75, 3.05) is 6.61 Å². The van der Waals surface area contributed by atoms with Crippen LogP contribution in [0.5, 0.6) is 0 Å². The Bertz CT molecular complexity index is 888. The van der Waals surface area contributed by atoms with E-state index < -0.39 is 5.97 Å². The van der Waals surface area contributed by atoms with Crippen LogP contribution in [0.3, 0.4) is 0 Å². The third-order valence-electron chi connectivity index (χ3n) is 3.18. The fourth-order valence-corrected chi connectivity index (χ4v) is 2.01. The summed E-state index contributed by atoms with van der Waals surface area (Å²) in [6.45, 7) is 1.79. The average molecular weight is 318 g/mol. The lowest BCUT2D eigenvalue weighted by atomic mass is 10.1. The first kappa shape index (κ1) is 15.5. The van der Waals surface area contributed by atoms with Gasteiger partial charge in [-0.15, -0.1) is 0 Å². The van der Waals surface area contributed by atoms with E-state index in [1.807, 2.05) is 30.3 Å². The molecule has 0 fully saturated rings. The molecule has 118 valence electrons. The van der Waals surface area contributed by atoms with Crippen molar-refractivity contribution < 1.29 is 14.1 Å². The predicted octanol–water partition coefficient (Wildman–Crippen LogP) is 3.25. The highest BCUT2D eigenvalue weighted by molar-refractivity contribution is 5.90. The van der Waals surface area contributed by atoms with Crippen LogP contribution < -0.4 is 0 Å². The Morgan fingerprint density at radius 1 is 1.12 bits per heavy atom. The van der Waals surface area contributed by atoms with Gasteiger partial charge in [0.25, 0.3) is 5.89 Å². The molecule has 1 aromatic heterocycles. The van der Waals surface area contributed by atoms with Crippen LogP contribution in [0, 0.1) is 18.8 Å². The number of benzene rings is 2. The number of aromatic nitrogens is 2. The fraction of sp³-hybridized carbons (Fsp3) is 0.105. The van der Waals surface area contributed by atoms with Gasteiger partial charge in [0.15, 0.2) is 12.4 Å². The summed E-state index contributed by atoms with van der Waals surface area (Å²) in [7, 11) is 0. The van der Waals surface area contributed by atoms with Crippen molar-refractivity contribution in [3.63, 3.8) is 0 Å². The molecular weight excluding hydrogens is 304 g/mol. The number of hydrogen-bond acceptors (Lipinski definition) is 5. The smallest absolute Gasteiger partial charge is 0.339 e. The van der Waals surface area contributed by atoms with Gasteiger partial charge in [-0.05, 0) is 43.3 Å². The number of ether oxygens (including phenoxy) is 1. The molecule has 0 unspecified atom stereocenters. The first-order valence-electron chi connectivity index (χ1n) is 7.34. The summed E-state index contributed by atoms with van der Waals surface area (Å²) in [5, 5.41) is 3.73. The molecule has 0 aliphatic rings. The van der Waals surface area contributed by atoms with E-state index in [0.29, 0.717) is 17.3 Å². The van der Waals surface area contributed by atoms with E-state index in [1.54, 1.807) is 31.2 Å². The lowest BCUT2D eigenvalue weighted by Gasteiger charge is -2.01. The molecule has 0 bridgehead atoms. The molecular formula is C19H14N2O3. The van der Waals surface area contributed by atoms with Gasteiger partial charge in [0.05, 0.1) is 5.56 Å². The Balaban J connectivity index is 1.58. The van der Waals surface area contributed by atoms with Crippen LogP contribution >= 0.6 is 0 Å². The van der Waals surface area contributed by atoms with Gasteiger partial charge in [0, 0.05) is 11.1 Å². The summed E-state index contributed by atoms with van der Waals surface area (Å²) >= 11 is 0. The summed E-state index contributed by atoms with van der Waals surface area (Å²) < 4.78 is 10.2. The van der Waals surface area contributed by atoms with Crippen LogP contribution in [0.15, 0.2) is 59.1 Å². The van der Waals surface area contributed by atoms with Crippen molar-refractivity contribution in [1.29, 1.82) is 0 Å². The second kappa shape index (κ2) is 7.25. The highest BCUT2D eigenvalue weighted by Crippen LogP contribution is 2.17. The molecule has 2 aromatic carbocycles. The molecule has 0 radical (unpaired) electrons. The van der Waals surface area contributed by atoms with Gasteiger partial charge >= 0.3 is 5.97 Å². The maximum Gasteiger partial charge on any atom is 0.339 e. The minimum absolute atomic E-state index is 0.0400. The molecule has 5 nitrogen and oxygen atoms in total. The van der Waals surface area contributed by atoms with Gasteiger partial charge in [0.2, 0.25) is 0 Å². The van der Waals surface area contributed by atoms with Crippen molar-refractivity contribution >= 4 is 5.97 Å². The number of nitrogens with zero attached hydrogens (tertiary/aromatic N) is 2. The number of aryl methyl sites for hydroxylation is 1. The number of esters is 1. The summed E-state index contributed by atoms with van der Waals surface area (Å²) in [6.07, 6.45) is 0. The van der Waals surface area contributed by atoms with E-state index in [9.17, 15) is 4.79 Å². The molecule has 0 amide bonds. The van der Waals surface area contributed by atoms with Gasteiger partial charge in [-0.1, -0.05) is 35.2 Å². The molecule has 0 aliphatic carbocycles. The molecule has 1 heterocycles. The topological polar surface area (TPSA) is 65.2 Å². The maximum atomic E-state index is 12.0. The summed E-state index contributed by atoms with van der Waals surface area (Å²) in [4.78, 5) is 16.1. The second-order valence-corrected chi connectivity index (χ2v) is 4.97. The predicted molar refractivity (Wildman–Crippen MR) is 88.1 cm³/mol. The minimum atomic E-state index is -0.425. The molecule has 0 saturated heterocycles. The maximum absolute atomic E-state index is 12.0. The van der Waals surface area contributed by atoms with E-state index in [2.05, 4.69) is 22.0 Å². The number of carbonyl (C=O) groups excluding carboxylic acids is 1. The Kier molecular flexibility index (Phi) is 4.68. The second-order valence-electron chi connectivity index (χ2n) is 4.97. The SMILES string of the molecule is Cc1noc(-c2ccc(C(=O)OCC#Cc3ccccc3)cc2)n1. The van der Waals surface area contributed by atoms with E-state index >= 15 is 0 Å². The van der Waals surface area contributed by atoms with Crippen molar-refractivity contribution in [2.24, 2.45) is 0 Å². The normalized spacial score (nSPS) is 9.88.